The van der Waals surface area contributed by atoms with Gasteiger partial charge >= 0.3 is 0 Å². The molecule has 0 aliphatic carbocycles. The first-order valence-electron chi connectivity index (χ1n) is 9.49. The Bertz CT molecular complexity index is 903. The second-order valence-corrected chi connectivity index (χ2v) is 7.76. The van der Waals surface area contributed by atoms with Crippen molar-refractivity contribution in [3.63, 3.8) is 0 Å². The molecule has 1 fully saturated rings. The topological polar surface area (TPSA) is 66.5 Å². The highest BCUT2D eigenvalue weighted by molar-refractivity contribution is 7.99. The molecule has 7 nitrogen and oxygen atoms in total. The lowest BCUT2D eigenvalue weighted by Gasteiger charge is -2.36. The van der Waals surface area contributed by atoms with Gasteiger partial charge in [-0.1, -0.05) is 12.1 Å². The van der Waals surface area contributed by atoms with Crippen LogP contribution in [0.3, 0.4) is 0 Å². The highest BCUT2D eigenvalue weighted by atomic mass is 32.2. The van der Waals surface area contributed by atoms with Gasteiger partial charge in [0.25, 0.3) is 0 Å². The minimum atomic E-state index is -0.239. The molecule has 0 N–H and O–H groups in total. The molecule has 0 spiro atoms. The lowest BCUT2D eigenvalue weighted by atomic mass is 10.1. The first-order valence-corrected chi connectivity index (χ1v) is 10.5. The van der Waals surface area contributed by atoms with Crippen molar-refractivity contribution in [1.29, 1.82) is 0 Å². The Morgan fingerprint density at radius 1 is 0.867 bits per heavy atom. The molecular formula is C22H27NO6S. The van der Waals surface area contributed by atoms with Gasteiger partial charge in [0.05, 0.1) is 42.1 Å². The Hall–Kier alpha value is -2.74. The van der Waals surface area contributed by atoms with Crippen LogP contribution in [0.25, 0.3) is 0 Å². The van der Waals surface area contributed by atoms with Gasteiger partial charge in [-0.2, -0.15) is 0 Å². The molecule has 0 aromatic heterocycles. The van der Waals surface area contributed by atoms with E-state index in [0.29, 0.717) is 41.7 Å². The Balaban J connectivity index is 2.04. The van der Waals surface area contributed by atoms with Gasteiger partial charge in [0.2, 0.25) is 11.7 Å². The zero-order valence-electron chi connectivity index (χ0n) is 17.9. The van der Waals surface area contributed by atoms with Crippen LogP contribution in [0.4, 0.5) is 0 Å². The molecule has 1 aliphatic rings. The summed E-state index contributed by atoms with van der Waals surface area (Å²) >= 11 is 1.69. The summed E-state index contributed by atoms with van der Waals surface area (Å²) in [6.45, 7) is 0.383. The minimum Gasteiger partial charge on any atom is -0.493 e. The van der Waals surface area contributed by atoms with Crippen LogP contribution in [0.2, 0.25) is 0 Å². The van der Waals surface area contributed by atoms with Gasteiger partial charge in [0.15, 0.2) is 23.0 Å². The maximum atomic E-state index is 13.0. The molecule has 1 unspecified atom stereocenters. The molecule has 0 bridgehead atoms. The van der Waals surface area contributed by atoms with Crippen molar-refractivity contribution in [1.82, 2.24) is 4.90 Å². The smallest absolute Gasteiger partial charge is 0.224 e. The number of benzene rings is 2. The number of carbonyl (C=O) groups is 1. The fraction of sp³-hybridized carbons (Fsp3) is 0.409. The summed E-state index contributed by atoms with van der Waals surface area (Å²) < 4.78 is 27.6. The van der Waals surface area contributed by atoms with E-state index in [1.54, 1.807) is 47.3 Å². The van der Waals surface area contributed by atoms with E-state index < -0.39 is 0 Å². The summed E-state index contributed by atoms with van der Waals surface area (Å²) in [5.41, 5.74) is 1.73. The van der Waals surface area contributed by atoms with Gasteiger partial charge in [-0.25, -0.2) is 0 Å². The lowest BCUT2D eigenvalue weighted by molar-refractivity contribution is -0.132. The zero-order chi connectivity index (χ0) is 21.7. The lowest BCUT2D eigenvalue weighted by Crippen LogP contribution is -2.37. The van der Waals surface area contributed by atoms with Crippen molar-refractivity contribution in [2.75, 3.05) is 41.3 Å². The Labute approximate surface area is 181 Å². The number of nitrogens with zero attached hydrogens (tertiary/aromatic N) is 1. The summed E-state index contributed by atoms with van der Waals surface area (Å²) in [5.74, 6) is 3.70. The van der Waals surface area contributed by atoms with E-state index in [9.17, 15) is 4.79 Å². The first-order chi connectivity index (χ1) is 14.6. The van der Waals surface area contributed by atoms with Crippen LogP contribution in [0, 0.1) is 0 Å². The van der Waals surface area contributed by atoms with Gasteiger partial charge in [-0.3, -0.25) is 4.79 Å². The minimum absolute atomic E-state index is 0.0699. The normalized spacial score (nSPS) is 16.2. The number of ether oxygens (including phenoxy) is 5. The molecule has 1 atom stereocenters. The van der Waals surface area contributed by atoms with Gasteiger partial charge in [-0.05, 0) is 18.2 Å². The van der Waals surface area contributed by atoms with Gasteiger partial charge in [0, 0.05) is 23.3 Å². The van der Waals surface area contributed by atoms with E-state index in [0.717, 1.165) is 16.9 Å². The largest absolute Gasteiger partial charge is 0.493 e. The number of hydrogen-bond acceptors (Lipinski definition) is 7. The van der Waals surface area contributed by atoms with E-state index in [2.05, 4.69) is 0 Å². The quantitative estimate of drug-likeness (QED) is 0.626. The molecule has 1 aliphatic heterocycles. The molecule has 2 aromatic carbocycles. The van der Waals surface area contributed by atoms with Crippen LogP contribution < -0.4 is 23.7 Å². The molecule has 1 heterocycles. The predicted molar refractivity (Wildman–Crippen MR) is 116 cm³/mol. The molecule has 8 heteroatoms. The summed E-state index contributed by atoms with van der Waals surface area (Å²) in [7, 11) is 7.94. The average molecular weight is 434 g/mol. The van der Waals surface area contributed by atoms with Crippen LogP contribution >= 0.6 is 11.8 Å². The van der Waals surface area contributed by atoms with E-state index in [-0.39, 0.29) is 11.3 Å². The van der Waals surface area contributed by atoms with Crippen LogP contribution in [0.5, 0.6) is 28.7 Å². The SMILES string of the molecule is COc1cccc(CN2C(=O)CCSC2c2ccc(OC)c(OC)c2OC)c1OC. The van der Waals surface area contributed by atoms with E-state index in [1.165, 1.54) is 0 Å². The Morgan fingerprint density at radius 3 is 2.17 bits per heavy atom. The summed E-state index contributed by atoms with van der Waals surface area (Å²) in [6, 6.07) is 9.43. The monoisotopic (exact) mass is 433 g/mol. The van der Waals surface area contributed by atoms with Crippen molar-refractivity contribution in [3.05, 3.63) is 41.5 Å². The van der Waals surface area contributed by atoms with E-state index in [1.807, 2.05) is 35.2 Å². The van der Waals surface area contributed by atoms with Crippen molar-refractivity contribution >= 4 is 17.7 Å². The standard InChI is InChI=1S/C22H27NO6S/c1-25-16-8-6-7-14(19(16)27-3)13-23-18(24)11-12-30-22(23)15-9-10-17(26-2)21(29-5)20(15)28-4/h6-10,22H,11-13H2,1-5H3. The maximum Gasteiger partial charge on any atom is 0.224 e. The fourth-order valence-corrected chi connectivity index (χ4v) is 4.88. The molecule has 3 rings (SSSR count). The highest BCUT2D eigenvalue weighted by Gasteiger charge is 2.34. The van der Waals surface area contributed by atoms with Crippen LogP contribution in [0.15, 0.2) is 30.3 Å². The first kappa shape index (κ1) is 22.0. The van der Waals surface area contributed by atoms with Gasteiger partial charge in [0.1, 0.15) is 5.37 Å². The maximum absolute atomic E-state index is 13.0. The molecule has 2 aromatic rings. The number of methoxy groups -OCH3 is 5. The molecule has 1 amide bonds. The van der Waals surface area contributed by atoms with Crippen molar-refractivity contribution in [3.8, 4) is 28.7 Å². The number of rotatable bonds is 8. The molecule has 162 valence electrons. The third-order valence-corrected chi connectivity index (χ3v) is 6.28. The summed E-state index contributed by atoms with van der Waals surface area (Å²) in [5, 5.41) is -0.239. The van der Waals surface area contributed by atoms with Crippen LogP contribution in [-0.4, -0.2) is 52.1 Å². The second-order valence-electron chi connectivity index (χ2n) is 6.57. The average Bonchev–Trinajstić information content (AvgIpc) is 2.78. The number of carbonyl (C=O) groups excluding carboxylic acids is 1. The highest BCUT2D eigenvalue weighted by Crippen LogP contribution is 2.48. The molecule has 30 heavy (non-hydrogen) atoms. The van der Waals surface area contributed by atoms with Crippen LogP contribution in [0.1, 0.15) is 22.9 Å². The number of amides is 1. The number of thioether (sulfide) groups is 1. The molecular weight excluding hydrogens is 406 g/mol. The third-order valence-electron chi connectivity index (χ3n) is 5.02. The number of hydrogen-bond donors (Lipinski definition) is 0. The summed E-state index contributed by atoms with van der Waals surface area (Å²) in [6.07, 6.45) is 0.475. The van der Waals surface area contributed by atoms with E-state index in [4.69, 9.17) is 23.7 Å². The molecule has 0 radical (unpaired) electrons. The number of para-hydroxylation sites is 1. The molecule has 1 saturated heterocycles. The predicted octanol–water partition coefficient (Wildman–Crippen LogP) is 3.89. The van der Waals surface area contributed by atoms with Gasteiger partial charge < -0.3 is 28.6 Å². The van der Waals surface area contributed by atoms with Crippen molar-refractivity contribution in [2.45, 2.75) is 18.3 Å². The fourth-order valence-electron chi connectivity index (χ4n) is 3.63. The van der Waals surface area contributed by atoms with Crippen LogP contribution in [-0.2, 0) is 11.3 Å². The zero-order valence-corrected chi connectivity index (χ0v) is 18.7. The molecule has 0 saturated carbocycles. The Kier molecular flexibility index (Phi) is 7.20. The van der Waals surface area contributed by atoms with Gasteiger partial charge in [-0.15, -0.1) is 11.8 Å². The third kappa shape index (κ3) is 4.09. The van der Waals surface area contributed by atoms with E-state index >= 15 is 0 Å². The Morgan fingerprint density at radius 2 is 1.53 bits per heavy atom. The van der Waals surface area contributed by atoms with Crippen molar-refractivity contribution in [2.24, 2.45) is 0 Å². The summed E-state index contributed by atoms with van der Waals surface area (Å²) in [4.78, 5) is 14.8. The van der Waals surface area contributed by atoms with Crippen molar-refractivity contribution < 1.29 is 28.5 Å². The second kappa shape index (κ2) is 9.84.